The average molecular weight is 396 g/mol. The Morgan fingerprint density at radius 1 is 1.04 bits per heavy atom. The first-order valence-corrected chi connectivity index (χ1v) is 8.49. The van der Waals surface area contributed by atoms with Crippen LogP contribution in [0.3, 0.4) is 0 Å². The second-order valence-corrected chi connectivity index (χ2v) is 6.70. The van der Waals surface area contributed by atoms with E-state index in [1.54, 1.807) is 28.8 Å². The molecule has 0 atom stereocenters. The van der Waals surface area contributed by atoms with E-state index in [1.807, 2.05) is 0 Å². The van der Waals surface area contributed by atoms with Gasteiger partial charge in [0.25, 0.3) is 0 Å². The van der Waals surface area contributed by atoms with E-state index in [1.165, 1.54) is 20.3 Å². The van der Waals surface area contributed by atoms with Gasteiger partial charge in [-0.2, -0.15) is 0 Å². The van der Waals surface area contributed by atoms with Crippen molar-refractivity contribution in [2.24, 2.45) is 0 Å². The Balaban J connectivity index is 2.14. The fraction of sp³-hybridized carbons (Fsp3) is 0.278. The Morgan fingerprint density at radius 3 is 2.15 bits per heavy atom. The van der Waals surface area contributed by atoms with Gasteiger partial charge in [-0.1, -0.05) is 23.2 Å². The van der Waals surface area contributed by atoms with Crippen molar-refractivity contribution in [3.05, 3.63) is 57.3 Å². The van der Waals surface area contributed by atoms with Gasteiger partial charge < -0.3 is 14.0 Å². The molecular formula is C18H15Cl2NO5. The number of fused-ring (bicyclic) bond motifs is 1. The molecule has 6 nitrogen and oxygen atoms in total. The Morgan fingerprint density at radius 2 is 1.62 bits per heavy atom. The molecule has 0 saturated heterocycles. The maximum atomic E-state index is 12.9. The summed E-state index contributed by atoms with van der Waals surface area (Å²) in [6.45, 7) is 0.251. The van der Waals surface area contributed by atoms with Gasteiger partial charge in [0, 0.05) is 22.8 Å². The second kappa shape index (κ2) is 6.78. The molecule has 0 unspecified atom stereocenters. The highest BCUT2D eigenvalue weighted by atomic mass is 35.5. The van der Waals surface area contributed by atoms with Crippen molar-refractivity contribution in [2.45, 2.75) is 18.4 Å². The van der Waals surface area contributed by atoms with Crippen LogP contribution in [0, 0.1) is 0 Å². The number of halogens is 2. The van der Waals surface area contributed by atoms with Gasteiger partial charge in [0.15, 0.2) is 0 Å². The topological polar surface area (TPSA) is 74.6 Å². The van der Waals surface area contributed by atoms with Crippen molar-refractivity contribution < 1.29 is 23.9 Å². The van der Waals surface area contributed by atoms with E-state index in [-0.39, 0.29) is 29.5 Å². The molecule has 0 aliphatic carbocycles. The number of rotatable bonds is 4. The monoisotopic (exact) mass is 395 g/mol. The number of ketones is 1. The zero-order valence-electron chi connectivity index (χ0n) is 14.0. The number of hydrogen-bond donors (Lipinski definition) is 0. The number of carbonyl (C=O) groups excluding carboxylic acids is 3. The first kappa shape index (κ1) is 18.5. The minimum Gasteiger partial charge on any atom is -0.468 e. The number of esters is 2. The van der Waals surface area contributed by atoms with Crippen molar-refractivity contribution in [2.75, 3.05) is 14.2 Å². The Hall–Kier alpha value is -2.31. The molecule has 26 heavy (non-hydrogen) atoms. The van der Waals surface area contributed by atoms with E-state index < -0.39 is 17.4 Å². The molecule has 0 radical (unpaired) electrons. The predicted molar refractivity (Wildman–Crippen MR) is 94.7 cm³/mol. The minimum absolute atomic E-state index is 0.125. The van der Waals surface area contributed by atoms with Gasteiger partial charge in [0.2, 0.25) is 11.2 Å². The van der Waals surface area contributed by atoms with Crippen LogP contribution in [0.5, 0.6) is 0 Å². The SMILES string of the molecule is COC(=O)C1(C(=O)OC)CCn2c1cc(Cl)c2C(=O)c1ccc(Cl)cc1. The highest BCUT2D eigenvalue weighted by Crippen LogP contribution is 2.42. The van der Waals surface area contributed by atoms with Crippen LogP contribution in [0.2, 0.25) is 10.0 Å². The molecule has 0 spiro atoms. The molecule has 3 rings (SSSR count). The summed E-state index contributed by atoms with van der Waals surface area (Å²) < 4.78 is 11.2. The normalized spacial score (nSPS) is 14.6. The average Bonchev–Trinajstić information content (AvgIpc) is 3.16. The molecular weight excluding hydrogens is 381 g/mol. The van der Waals surface area contributed by atoms with Gasteiger partial charge in [0.05, 0.1) is 19.2 Å². The summed E-state index contributed by atoms with van der Waals surface area (Å²) in [6.07, 6.45) is 0.125. The van der Waals surface area contributed by atoms with Gasteiger partial charge in [-0.25, -0.2) is 0 Å². The molecule has 0 N–H and O–H groups in total. The summed E-state index contributed by atoms with van der Waals surface area (Å²) in [5.74, 6) is -1.83. The van der Waals surface area contributed by atoms with Crippen LogP contribution >= 0.6 is 23.2 Å². The summed E-state index contributed by atoms with van der Waals surface area (Å²) in [5, 5.41) is 0.653. The highest BCUT2D eigenvalue weighted by Gasteiger charge is 2.56. The van der Waals surface area contributed by atoms with Gasteiger partial charge in [-0.05, 0) is 36.8 Å². The molecule has 136 valence electrons. The maximum Gasteiger partial charge on any atom is 0.329 e. The lowest BCUT2D eigenvalue weighted by Gasteiger charge is -2.22. The van der Waals surface area contributed by atoms with Crippen LogP contribution in [0.25, 0.3) is 0 Å². The summed E-state index contributed by atoms with van der Waals surface area (Å²) in [7, 11) is 2.39. The third-order valence-electron chi connectivity index (χ3n) is 4.59. The summed E-state index contributed by atoms with van der Waals surface area (Å²) in [5.41, 5.74) is -0.742. The zero-order chi connectivity index (χ0) is 19.1. The third-order valence-corrected chi connectivity index (χ3v) is 5.13. The van der Waals surface area contributed by atoms with E-state index in [0.29, 0.717) is 16.3 Å². The molecule has 2 heterocycles. The standard InChI is InChI=1S/C18H15Cl2NO5/c1-25-16(23)18(17(24)26-2)7-8-21-13(18)9-12(20)14(21)15(22)10-3-5-11(19)6-4-10/h3-6,9H,7-8H2,1-2H3. The largest absolute Gasteiger partial charge is 0.468 e. The first-order valence-electron chi connectivity index (χ1n) is 7.73. The molecule has 0 fully saturated rings. The lowest BCUT2D eigenvalue weighted by Crippen LogP contribution is -2.43. The molecule has 0 amide bonds. The van der Waals surface area contributed by atoms with Crippen LogP contribution < -0.4 is 0 Å². The van der Waals surface area contributed by atoms with Crippen LogP contribution in [0.15, 0.2) is 30.3 Å². The van der Waals surface area contributed by atoms with E-state index in [2.05, 4.69) is 0 Å². The minimum atomic E-state index is -1.63. The molecule has 2 aromatic rings. The van der Waals surface area contributed by atoms with Crippen molar-refractivity contribution in [3.8, 4) is 0 Å². The molecule has 0 bridgehead atoms. The summed E-state index contributed by atoms with van der Waals surface area (Å²) in [6, 6.07) is 7.83. The Bertz CT molecular complexity index is 885. The van der Waals surface area contributed by atoms with Crippen molar-refractivity contribution in [3.63, 3.8) is 0 Å². The fourth-order valence-electron chi connectivity index (χ4n) is 3.32. The van der Waals surface area contributed by atoms with Crippen LogP contribution in [-0.4, -0.2) is 36.5 Å². The number of carbonyl (C=O) groups is 3. The Labute approximate surface area is 159 Å². The van der Waals surface area contributed by atoms with Gasteiger partial charge in [-0.15, -0.1) is 0 Å². The quantitative estimate of drug-likeness (QED) is 0.451. The van der Waals surface area contributed by atoms with Crippen LogP contribution in [-0.2, 0) is 31.0 Å². The number of methoxy groups -OCH3 is 2. The number of nitrogens with zero attached hydrogens (tertiary/aromatic N) is 1. The van der Waals surface area contributed by atoms with Gasteiger partial charge in [0.1, 0.15) is 5.69 Å². The lowest BCUT2D eigenvalue weighted by atomic mass is 9.83. The number of ether oxygens (including phenoxy) is 2. The van der Waals surface area contributed by atoms with E-state index in [0.717, 1.165) is 0 Å². The molecule has 1 aromatic carbocycles. The third kappa shape index (κ3) is 2.61. The molecule has 1 aliphatic heterocycles. The lowest BCUT2D eigenvalue weighted by molar-refractivity contribution is -0.161. The van der Waals surface area contributed by atoms with Crippen molar-refractivity contribution in [1.29, 1.82) is 0 Å². The van der Waals surface area contributed by atoms with Crippen LogP contribution in [0.1, 0.15) is 28.2 Å². The molecule has 1 aromatic heterocycles. The Kier molecular flexibility index (Phi) is 4.82. The zero-order valence-corrected chi connectivity index (χ0v) is 15.6. The molecule has 1 aliphatic rings. The first-order chi connectivity index (χ1) is 12.4. The van der Waals surface area contributed by atoms with Crippen LogP contribution in [0.4, 0.5) is 0 Å². The van der Waals surface area contributed by atoms with Crippen molar-refractivity contribution in [1.82, 2.24) is 4.57 Å². The van der Waals surface area contributed by atoms with E-state index in [9.17, 15) is 14.4 Å². The summed E-state index contributed by atoms with van der Waals surface area (Å²) in [4.78, 5) is 37.7. The number of benzene rings is 1. The summed E-state index contributed by atoms with van der Waals surface area (Å²) >= 11 is 12.1. The molecule has 8 heteroatoms. The highest BCUT2D eigenvalue weighted by molar-refractivity contribution is 6.35. The fourth-order valence-corrected chi connectivity index (χ4v) is 3.74. The maximum absolute atomic E-state index is 12.9. The number of aromatic nitrogens is 1. The molecule has 0 saturated carbocycles. The van der Waals surface area contributed by atoms with Gasteiger partial charge in [-0.3, -0.25) is 14.4 Å². The van der Waals surface area contributed by atoms with Gasteiger partial charge >= 0.3 is 11.9 Å². The van der Waals surface area contributed by atoms with E-state index in [4.69, 9.17) is 32.7 Å². The number of hydrogen-bond acceptors (Lipinski definition) is 5. The van der Waals surface area contributed by atoms with E-state index >= 15 is 0 Å². The smallest absolute Gasteiger partial charge is 0.329 e. The predicted octanol–water partition coefficient (Wildman–Crippen LogP) is 3.01. The van der Waals surface area contributed by atoms with Crippen molar-refractivity contribution >= 4 is 40.9 Å². The second-order valence-electron chi connectivity index (χ2n) is 5.85.